The van der Waals surface area contributed by atoms with Gasteiger partial charge in [-0.25, -0.2) is 4.98 Å². The number of hydrogen-bond acceptors (Lipinski definition) is 3. The number of aliphatic imine (C=N–C) groups is 1. The zero-order valence-electron chi connectivity index (χ0n) is 17.0. The van der Waals surface area contributed by atoms with Crippen LogP contribution in [-0.2, 0) is 0 Å². The summed E-state index contributed by atoms with van der Waals surface area (Å²) in [6.07, 6.45) is 12.3. The molecule has 0 aliphatic carbocycles. The van der Waals surface area contributed by atoms with Gasteiger partial charge in [0, 0.05) is 38.6 Å². The lowest BCUT2D eigenvalue weighted by Gasteiger charge is -2.39. The predicted molar refractivity (Wildman–Crippen MR) is 123 cm³/mol. The Kier molecular flexibility index (Phi) is 9.89. The first-order chi connectivity index (χ1) is 12.8. The van der Waals surface area contributed by atoms with Crippen molar-refractivity contribution < 1.29 is 0 Å². The molecule has 2 fully saturated rings. The third kappa shape index (κ3) is 6.62. The molecule has 2 saturated heterocycles. The summed E-state index contributed by atoms with van der Waals surface area (Å²) >= 11 is 0. The van der Waals surface area contributed by atoms with Gasteiger partial charge in [0.25, 0.3) is 0 Å². The molecule has 0 spiro atoms. The van der Waals surface area contributed by atoms with Crippen LogP contribution >= 0.6 is 24.0 Å². The topological polar surface area (TPSA) is 48.7 Å². The van der Waals surface area contributed by atoms with E-state index < -0.39 is 0 Å². The summed E-state index contributed by atoms with van der Waals surface area (Å²) in [5, 5.41) is 3.51. The molecule has 1 aromatic heterocycles. The highest BCUT2D eigenvalue weighted by molar-refractivity contribution is 14.0. The van der Waals surface area contributed by atoms with Gasteiger partial charge in [-0.15, -0.1) is 24.0 Å². The van der Waals surface area contributed by atoms with E-state index in [2.05, 4.69) is 44.7 Å². The van der Waals surface area contributed by atoms with Gasteiger partial charge in [-0.2, -0.15) is 0 Å². The van der Waals surface area contributed by atoms with Gasteiger partial charge >= 0.3 is 0 Å². The summed E-state index contributed by atoms with van der Waals surface area (Å²) in [4.78, 5) is 14.2. The molecule has 1 N–H and O–H groups in total. The second-order valence-electron chi connectivity index (χ2n) is 7.78. The van der Waals surface area contributed by atoms with Gasteiger partial charge in [0.2, 0.25) is 0 Å². The molecule has 7 heteroatoms. The minimum Gasteiger partial charge on any atom is -0.357 e. The number of nitrogens with zero attached hydrogens (tertiary/aromatic N) is 5. The molecule has 0 bridgehead atoms. The number of aromatic nitrogens is 2. The standard InChI is InChI=1S/C20H36N6.HI/c1-3-22-20(23-9-4-5-11-24-12-6-7-13-24)25-14-8-18(2)19(16-25)26-15-10-21-17-26;/h10,15,17-19H,3-9,11-14,16H2,1-2H3,(H,22,23);1H. The van der Waals surface area contributed by atoms with E-state index in [1.54, 1.807) is 0 Å². The summed E-state index contributed by atoms with van der Waals surface area (Å²) in [6.45, 7) is 12.3. The number of nitrogens with one attached hydrogen (secondary N) is 1. The number of hydrogen-bond donors (Lipinski definition) is 1. The maximum absolute atomic E-state index is 4.93. The molecule has 0 radical (unpaired) electrons. The van der Waals surface area contributed by atoms with Crippen LogP contribution in [0.1, 0.15) is 52.0 Å². The maximum atomic E-state index is 4.93. The molecule has 2 aliphatic heterocycles. The normalized spacial score (nSPS) is 24.1. The van der Waals surface area contributed by atoms with E-state index in [4.69, 9.17) is 4.99 Å². The molecule has 2 aliphatic rings. The summed E-state index contributed by atoms with van der Waals surface area (Å²) in [5.74, 6) is 1.76. The van der Waals surface area contributed by atoms with E-state index in [-0.39, 0.29) is 24.0 Å². The van der Waals surface area contributed by atoms with Gasteiger partial charge in [0.05, 0.1) is 12.4 Å². The minimum atomic E-state index is 0. The van der Waals surface area contributed by atoms with Gasteiger partial charge in [0.15, 0.2) is 5.96 Å². The first-order valence-electron chi connectivity index (χ1n) is 10.5. The molecule has 6 nitrogen and oxygen atoms in total. The van der Waals surface area contributed by atoms with Crippen molar-refractivity contribution in [1.29, 1.82) is 0 Å². The van der Waals surface area contributed by atoms with Crippen LogP contribution in [0.5, 0.6) is 0 Å². The van der Waals surface area contributed by atoms with Crippen LogP contribution in [0.2, 0.25) is 0 Å². The molecule has 2 atom stereocenters. The van der Waals surface area contributed by atoms with Gasteiger partial charge < -0.3 is 19.7 Å². The summed E-state index contributed by atoms with van der Waals surface area (Å²) in [5.41, 5.74) is 0. The first-order valence-corrected chi connectivity index (χ1v) is 10.5. The Hall–Kier alpha value is -0.830. The molecule has 1 aromatic rings. The Balaban J connectivity index is 0.00000261. The summed E-state index contributed by atoms with van der Waals surface area (Å²) in [7, 11) is 0. The zero-order valence-corrected chi connectivity index (χ0v) is 19.3. The molecule has 154 valence electrons. The third-order valence-corrected chi connectivity index (χ3v) is 5.80. The quantitative estimate of drug-likeness (QED) is 0.277. The number of likely N-dealkylation sites (tertiary alicyclic amines) is 2. The molecule has 2 unspecified atom stereocenters. The van der Waals surface area contributed by atoms with E-state index in [1.807, 2.05) is 12.5 Å². The van der Waals surface area contributed by atoms with E-state index in [9.17, 15) is 0 Å². The molecule has 3 heterocycles. The average Bonchev–Trinajstić information content (AvgIpc) is 3.35. The monoisotopic (exact) mass is 488 g/mol. The Labute approximate surface area is 181 Å². The van der Waals surface area contributed by atoms with Crippen molar-refractivity contribution in [3.8, 4) is 0 Å². The highest BCUT2D eigenvalue weighted by Crippen LogP contribution is 2.27. The van der Waals surface area contributed by atoms with Crippen LogP contribution in [0.4, 0.5) is 0 Å². The first kappa shape index (κ1) is 22.5. The highest BCUT2D eigenvalue weighted by Gasteiger charge is 2.28. The number of imidazole rings is 1. The van der Waals surface area contributed by atoms with Crippen LogP contribution < -0.4 is 5.32 Å². The average molecular weight is 488 g/mol. The number of guanidine groups is 1. The Bertz CT molecular complexity index is 541. The van der Waals surface area contributed by atoms with E-state index in [0.717, 1.165) is 32.1 Å². The van der Waals surface area contributed by atoms with Crippen LogP contribution in [0, 0.1) is 5.92 Å². The van der Waals surface area contributed by atoms with E-state index >= 15 is 0 Å². The van der Waals surface area contributed by atoms with Crippen molar-refractivity contribution in [3.63, 3.8) is 0 Å². The van der Waals surface area contributed by atoms with Crippen molar-refractivity contribution in [1.82, 2.24) is 24.7 Å². The lowest BCUT2D eigenvalue weighted by Crippen LogP contribution is -2.49. The van der Waals surface area contributed by atoms with Crippen molar-refractivity contribution in [2.45, 2.75) is 52.0 Å². The van der Waals surface area contributed by atoms with Gasteiger partial charge in [-0.1, -0.05) is 6.92 Å². The molecular weight excluding hydrogens is 451 g/mol. The lowest BCUT2D eigenvalue weighted by molar-refractivity contribution is 0.189. The number of unbranched alkanes of at least 4 members (excludes halogenated alkanes) is 1. The minimum absolute atomic E-state index is 0. The van der Waals surface area contributed by atoms with Gasteiger partial charge in [-0.3, -0.25) is 4.99 Å². The smallest absolute Gasteiger partial charge is 0.193 e. The Morgan fingerprint density at radius 2 is 2.04 bits per heavy atom. The molecular formula is C20H37IN6. The van der Waals surface area contributed by atoms with Crippen molar-refractivity contribution >= 4 is 29.9 Å². The van der Waals surface area contributed by atoms with Crippen molar-refractivity contribution in [3.05, 3.63) is 18.7 Å². The Morgan fingerprint density at radius 3 is 2.74 bits per heavy atom. The lowest BCUT2D eigenvalue weighted by atomic mass is 9.93. The highest BCUT2D eigenvalue weighted by atomic mass is 127. The number of piperidine rings is 1. The maximum Gasteiger partial charge on any atom is 0.193 e. The SMILES string of the molecule is CCNC(=NCCCCN1CCCC1)N1CCC(C)C(n2ccnc2)C1.I. The molecule has 27 heavy (non-hydrogen) atoms. The van der Waals surface area contributed by atoms with Crippen LogP contribution in [-0.4, -0.2) is 71.1 Å². The van der Waals surface area contributed by atoms with Gasteiger partial charge in [-0.05, 0) is 64.6 Å². The second-order valence-corrected chi connectivity index (χ2v) is 7.78. The molecule has 0 aromatic carbocycles. The van der Waals surface area contributed by atoms with Crippen LogP contribution in [0.3, 0.4) is 0 Å². The zero-order chi connectivity index (χ0) is 18.2. The number of rotatable bonds is 7. The van der Waals surface area contributed by atoms with Crippen molar-refractivity contribution in [2.75, 3.05) is 45.8 Å². The fourth-order valence-corrected chi connectivity index (χ4v) is 4.16. The van der Waals surface area contributed by atoms with Crippen LogP contribution in [0.25, 0.3) is 0 Å². The largest absolute Gasteiger partial charge is 0.357 e. The van der Waals surface area contributed by atoms with E-state index in [1.165, 1.54) is 51.7 Å². The molecule has 0 saturated carbocycles. The van der Waals surface area contributed by atoms with E-state index in [0.29, 0.717) is 12.0 Å². The second kappa shape index (κ2) is 11.9. The fraction of sp³-hybridized carbons (Fsp3) is 0.800. The summed E-state index contributed by atoms with van der Waals surface area (Å²) in [6, 6.07) is 0.477. The number of halogens is 1. The molecule has 0 amide bonds. The Morgan fingerprint density at radius 1 is 1.22 bits per heavy atom. The fourth-order valence-electron chi connectivity index (χ4n) is 4.16. The predicted octanol–water partition coefficient (Wildman–Crippen LogP) is 3.23. The molecule has 3 rings (SSSR count). The van der Waals surface area contributed by atoms with Crippen molar-refractivity contribution in [2.24, 2.45) is 10.9 Å². The van der Waals surface area contributed by atoms with Gasteiger partial charge in [0.1, 0.15) is 0 Å². The van der Waals surface area contributed by atoms with Crippen LogP contribution in [0.15, 0.2) is 23.7 Å². The summed E-state index contributed by atoms with van der Waals surface area (Å²) < 4.78 is 2.26. The third-order valence-electron chi connectivity index (χ3n) is 5.80.